The van der Waals surface area contributed by atoms with Crippen molar-refractivity contribution in [2.24, 2.45) is 0 Å². The number of methoxy groups -OCH3 is 1. The minimum absolute atomic E-state index is 0.000193. The number of nitrogens with zero attached hydrogens (tertiary/aromatic N) is 2. The fraction of sp³-hybridized carbons (Fsp3) is 0.333. The van der Waals surface area contributed by atoms with Crippen LogP contribution in [0.3, 0.4) is 0 Å². The number of ether oxygens (including phenoxy) is 1. The highest BCUT2D eigenvalue weighted by Crippen LogP contribution is 2.34. The number of benzene rings is 3. The van der Waals surface area contributed by atoms with Gasteiger partial charge in [-0.25, -0.2) is 8.42 Å². The van der Waals surface area contributed by atoms with Crippen molar-refractivity contribution in [1.29, 1.82) is 0 Å². The molecule has 0 heterocycles. The molecule has 0 aliphatic rings. The Labute approximate surface area is 252 Å². The van der Waals surface area contributed by atoms with Gasteiger partial charge >= 0.3 is 0 Å². The van der Waals surface area contributed by atoms with Gasteiger partial charge in [0.25, 0.3) is 10.0 Å². The van der Waals surface area contributed by atoms with Gasteiger partial charge in [-0.2, -0.15) is 0 Å². The van der Waals surface area contributed by atoms with Gasteiger partial charge in [0.2, 0.25) is 11.8 Å². The summed E-state index contributed by atoms with van der Waals surface area (Å²) in [4.78, 5) is 28.4. The number of hydrogen-bond donors (Lipinski definition) is 1. The van der Waals surface area contributed by atoms with Crippen LogP contribution in [0.4, 0.5) is 5.69 Å². The number of aryl methyl sites for hydroxylation is 2. The highest BCUT2D eigenvalue weighted by Gasteiger charge is 2.34. The van der Waals surface area contributed by atoms with E-state index < -0.39 is 28.5 Å². The molecule has 0 fully saturated rings. The van der Waals surface area contributed by atoms with E-state index in [0.29, 0.717) is 22.2 Å². The summed E-state index contributed by atoms with van der Waals surface area (Å²) in [5.74, 6) is -0.667. The summed E-state index contributed by atoms with van der Waals surface area (Å²) in [5.41, 5.74) is 2.50. The van der Waals surface area contributed by atoms with Crippen molar-refractivity contribution in [3.63, 3.8) is 0 Å². The number of carbonyl (C=O) groups excluding carboxylic acids is 2. The lowest BCUT2D eigenvalue weighted by Gasteiger charge is -2.32. The molecule has 1 atom stereocenters. The van der Waals surface area contributed by atoms with Crippen LogP contribution in [0.1, 0.15) is 37.0 Å². The van der Waals surface area contributed by atoms with Crippen molar-refractivity contribution in [1.82, 2.24) is 10.2 Å². The predicted molar refractivity (Wildman–Crippen MR) is 163 cm³/mol. The maximum atomic E-state index is 14.1. The molecule has 1 unspecified atom stereocenters. The molecule has 220 valence electrons. The number of halogens is 2. The van der Waals surface area contributed by atoms with Gasteiger partial charge in [-0.05, 0) is 74.7 Å². The summed E-state index contributed by atoms with van der Waals surface area (Å²) >= 11 is 12.3. The molecule has 1 N–H and O–H groups in total. The molecule has 0 saturated heterocycles. The summed E-state index contributed by atoms with van der Waals surface area (Å²) in [5, 5.41) is 3.46. The molecule has 11 heteroatoms. The van der Waals surface area contributed by atoms with Crippen LogP contribution in [0.5, 0.6) is 5.75 Å². The predicted octanol–water partition coefficient (Wildman–Crippen LogP) is 5.76. The lowest BCUT2D eigenvalue weighted by molar-refractivity contribution is -0.139. The first-order valence-corrected chi connectivity index (χ1v) is 15.3. The van der Waals surface area contributed by atoms with Gasteiger partial charge in [-0.1, -0.05) is 60.0 Å². The van der Waals surface area contributed by atoms with Gasteiger partial charge in [0.15, 0.2) is 0 Å². The second kappa shape index (κ2) is 14.1. The van der Waals surface area contributed by atoms with Crippen LogP contribution in [0.15, 0.2) is 65.6 Å². The molecule has 0 bridgehead atoms. The minimum Gasteiger partial charge on any atom is -0.495 e. The molecule has 0 spiro atoms. The minimum atomic E-state index is -4.23. The van der Waals surface area contributed by atoms with Crippen LogP contribution < -0.4 is 14.4 Å². The topological polar surface area (TPSA) is 96.0 Å². The van der Waals surface area contributed by atoms with E-state index in [9.17, 15) is 18.0 Å². The summed E-state index contributed by atoms with van der Waals surface area (Å²) < 4.78 is 34.6. The molecule has 0 aliphatic heterocycles. The SMILES string of the molecule is CCCNC(=O)C(C)N(Cc1ccc(Cl)c(Cl)c1)C(=O)CN(c1cc(C)ccc1OC)S(=O)(=O)c1ccc(C)cc1. The number of anilines is 1. The van der Waals surface area contributed by atoms with Crippen LogP contribution in [0.25, 0.3) is 0 Å². The van der Waals surface area contributed by atoms with Crippen LogP contribution >= 0.6 is 23.2 Å². The lowest BCUT2D eigenvalue weighted by atomic mass is 10.1. The molecular formula is C30H35Cl2N3O5S. The largest absolute Gasteiger partial charge is 0.495 e. The van der Waals surface area contributed by atoms with Crippen LogP contribution in [0, 0.1) is 13.8 Å². The highest BCUT2D eigenvalue weighted by atomic mass is 35.5. The maximum absolute atomic E-state index is 14.1. The molecule has 8 nitrogen and oxygen atoms in total. The van der Waals surface area contributed by atoms with Gasteiger partial charge in [0.05, 0.1) is 27.7 Å². The Morgan fingerprint density at radius 3 is 2.22 bits per heavy atom. The molecule has 41 heavy (non-hydrogen) atoms. The number of sulfonamides is 1. The number of hydrogen-bond acceptors (Lipinski definition) is 5. The maximum Gasteiger partial charge on any atom is 0.264 e. The molecule has 0 aromatic heterocycles. The normalized spacial score (nSPS) is 12.0. The van der Waals surface area contributed by atoms with Gasteiger partial charge in [-0.15, -0.1) is 0 Å². The first kappa shape index (κ1) is 32.2. The van der Waals surface area contributed by atoms with Gasteiger partial charge in [-0.3, -0.25) is 13.9 Å². The van der Waals surface area contributed by atoms with Crippen LogP contribution in [-0.2, 0) is 26.2 Å². The van der Waals surface area contributed by atoms with E-state index in [4.69, 9.17) is 27.9 Å². The molecule has 0 radical (unpaired) electrons. The molecule has 2 amide bonds. The summed E-state index contributed by atoms with van der Waals surface area (Å²) in [6, 6.07) is 15.5. The monoisotopic (exact) mass is 619 g/mol. The molecule has 3 aromatic carbocycles. The Bertz CT molecular complexity index is 1500. The zero-order valence-corrected chi connectivity index (χ0v) is 26.1. The van der Waals surface area contributed by atoms with E-state index in [2.05, 4.69) is 5.32 Å². The second-order valence-corrected chi connectivity index (χ2v) is 12.4. The summed E-state index contributed by atoms with van der Waals surface area (Å²) in [7, 11) is -2.79. The Morgan fingerprint density at radius 2 is 1.61 bits per heavy atom. The van der Waals surface area contributed by atoms with Crippen molar-refractivity contribution >= 4 is 50.7 Å². The van der Waals surface area contributed by atoms with E-state index in [1.54, 1.807) is 55.5 Å². The van der Waals surface area contributed by atoms with Crippen molar-refractivity contribution < 1.29 is 22.7 Å². The average molecular weight is 621 g/mol. The van der Waals surface area contributed by atoms with E-state index in [0.717, 1.165) is 21.9 Å². The average Bonchev–Trinajstić information content (AvgIpc) is 2.94. The first-order valence-electron chi connectivity index (χ1n) is 13.1. The number of rotatable bonds is 12. The fourth-order valence-corrected chi connectivity index (χ4v) is 5.90. The van der Waals surface area contributed by atoms with Crippen molar-refractivity contribution in [2.45, 2.75) is 51.6 Å². The summed E-state index contributed by atoms with van der Waals surface area (Å²) in [6.07, 6.45) is 0.717. The number of carbonyl (C=O) groups is 2. The summed E-state index contributed by atoms with van der Waals surface area (Å²) in [6.45, 7) is 7.05. The standard InChI is InChI=1S/C30H35Cl2N3O5S/c1-6-15-33-30(37)22(4)34(18-23-10-13-25(31)26(32)17-23)29(36)19-35(27-16-21(3)9-14-28(27)40-5)41(38,39)24-11-7-20(2)8-12-24/h7-14,16-17,22H,6,15,18-19H2,1-5H3,(H,33,37). The Balaban J connectivity index is 2.10. The number of nitrogens with one attached hydrogen (secondary N) is 1. The van der Waals surface area contributed by atoms with E-state index in [-0.39, 0.29) is 28.8 Å². The zero-order chi connectivity index (χ0) is 30.3. The van der Waals surface area contributed by atoms with Gasteiger partial charge in [0.1, 0.15) is 18.3 Å². The Kier molecular flexibility index (Phi) is 11.1. The fourth-order valence-electron chi connectivity index (χ4n) is 4.16. The number of amides is 2. The van der Waals surface area contributed by atoms with Crippen molar-refractivity contribution in [3.05, 3.63) is 87.4 Å². The van der Waals surface area contributed by atoms with Gasteiger partial charge < -0.3 is 15.0 Å². The van der Waals surface area contributed by atoms with E-state index in [1.807, 2.05) is 20.8 Å². The van der Waals surface area contributed by atoms with Crippen molar-refractivity contribution in [2.75, 3.05) is 24.5 Å². The van der Waals surface area contributed by atoms with Gasteiger partial charge in [0, 0.05) is 13.1 Å². The molecule has 0 saturated carbocycles. The smallest absolute Gasteiger partial charge is 0.264 e. The molecule has 3 aromatic rings. The molecule has 3 rings (SSSR count). The Hall–Kier alpha value is -3.27. The second-order valence-electron chi connectivity index (χ2n) is 9.74. The van der Waals surface area contributed by atoms with Crippen LogP contribution in [0.2, 0.25) is 10.0 Å². The molecule has 0 aliphatic carbocycles. The Morgan fingerprint density at radius 1 is 0.951 bits per heavy atom. The third-order valence-electron chi connectivity index (χ3n) is 6.54. The van der Waals surface area contributed by atoms with E-state index in [1.165, 1.54) is 24.1 Å². The third kappa shape index (κ3) is 7.93. The zero-order valence-electron chi connectivity index (χ0n) is 23.8. The van der Waals surface area contributed by atoms with Crippen molar-refractivity contribution in [3.8, 4) is 5.75 Å². The van der Waals surface area contributed by atoms with Crippen LogP contribution in [-0.4, -0.2) is 51.4 Å². The highest BCUT2D eigenvalue weighted by molar-refractivity contribution is 7.92. The first-order chi connectivity index (χ1) is 19.4. The van der Waals surface area contributed by atoms with E-state index >= 15 is 0 Å². The third-order valence-corrected chi connectivity index (χ3v) is 9.06. The molecular weight excluding hydrogens is 585 g/mol. The quantitative estimate of drug-likeness (QED) is 0.278. The lowest BCUT2D eigenvalue weighted by Crippen LogP contribution is -2.51.